The first-order chi connectivity index (χ1) is 9.88. The van der Waals surface area contributed by atoms with Crippen LogP contribution in [0.3, 0.4) is 0 Å². The topological polar surface area (TPSA) is 50.8 Å². The van der Waals surface area contributed by atoms with Crippen molar-refractivity contribution in [3.63, 3.8) is 0 Å². The third kappa shape index (κ3) is 1.87. The molecule has 0 aliphatic rings. The van der Waals surface area contributed by atoms with Gasteiger partial charge >= 0.3 is 0 Å². The Hall–Kier alpha value is -2.88. The number of hydrogen-bond acceptors (Lipinski definition) is 3. The zero-order valence-electron chi connectivity index (χ0n) is 10.6. The third-order valence-electron chi connectivity index (χ3n) is 3.29. The van der Waals surface area contributed by atoms with Gasteiger partial charge in [-0.1, -0.05) is 30.3 Å². The molecule has 0 saturated carbocycles. The first-order valence-corrected chi connectivity index (χ1v) is 6.35. The van der Waals surface area contributed by atoms with Crippen LogP contribution in [0.25, 0.3) is 21.5 Å². The number of H-pyrrole nitrogens is 1. The molecule has 1 aromatic heterocycles. The molecule has 0 amide bonds. The van der Waals surface area contributed by atoms with E-state index in [1.165, 1.54) is 16.2 Å². The van der Waals surface area contributed by atoms with Crippen LogP contribution in [0.1, 0.15) is 0 Å². The summed E-state index contributed by atoms with van der Waals surface area (Å²) in [5.74, 6) is 1.21. The molecule has 20 heavy (non-hydrogen) atoms. The molecule has 0 radical (unpaired) electrons. The lowest BCUT2D eigenvalue weighted by Gasteiger charge is -2.05. The summed E-state index contributed by atoms with van der Waals surface area (Å²) in [4.78, 5) is 0. The highest BCUT2D eigenvalue weighted by atomic mass is 16.5. The second-order valence-corrected chi connectivity index (χ2v) is 4.62. The van der Waals surface area contributed by atoms with Crippen LogP contribution in [0.4, 0.5) is 0 Å². The quantitative estimate of drug-likeness (QED) is 0.557. The van der Waals surface area contributed by atoms with Gasteiger partial charge in [-0.3, -0.25) is 0 Å². The van der Waals surface area contributed by atoms with Crippen LogP contribution < -0.4 is 4.74 Å². The van der Waals surface area contributed by atoms with E-state index in [0.717, 1.165) is 11.1 Å². The molecule has 96 valence electrons. The number of ether oxygens (including phenoxy) is 1. The molecular weight excluding hydrogens is 250 g/mol. The average Bonchev–Trinajstić information content (AvgIpc) is 2.98. The van der Waals surface area contributed by atoms with Gasteiger partial charge < -0.3 is 4.74 Å². The number of benzene rings is 3. The van der Waals surface area contributed by atoms with Crippen molar-refractivity contribution < 1.29 is 4.74 Å². The van der Waals surface area contributed by atoms with Crippen molar-refractivity contribution in [2.75, 3.05) is 0 Å². The molecule has 0 aliphatic heterocycles. The van der Waals surface area contributed by atoms with Crippen molar-refractivity contribution in [2.45, 2.75) is 0 Å². The van der Waals surface area contributed by atoms with Crippen LogP contribution in [-0.4, -0.2) is 15.4 Å². The first-order valence-electron chi connectivity index (χ1n) is 6.35. The lowest BCUT2D eigenvalue weighted by molar-refractivity contribution is 0.462. The zero-order chi connectivity index (χ0) is 13.4. The van der Waals surface area contributed by atoms with Crippen molar-refractivity contribution in [2.24, 2.45) is 0 Å². The summed E-state index contributed by atoms with van der Waals surface area (Å²) < 4.78 is 5.63. The Kier molecular flexibility index (Phi) is 2.39. The second kappa shape index (κ2) is 4.35. The lowest BCUT2D eigenvalue weighted by Crippen LogP contribution is -1.85. The maximum absolute atomic E-state index is 5.63. The predicted molar refractivity (Wildman–Crippen MR) is 77.9 cm³/mol. The minimum Gasteiger partial charge on any atom is -0.436 e. The Morgan fingerprint density at radius 1 is 0.800 bits per heavy atom. The molecule has 0 unspecified atom stereocenters. The number of nitrogens with zero attached hydrogens (tertiary/aromatic N) is 2. The van der Waals surface area contributed by atoms with Crippen molar-refractivity contribution in [3.8, 4) is 11.6 Å². The van der Waals surface area contributed by atoms with E-state index in [1.54, 1.807) is 6.20 Å². The Balaban J connectivity index is 1.83. The van der Waals surface area contributed by atoms with E-state index in [9.17, 15) is 0 Å². The molecule has 4 nitrogen and oxygen atoms in total. The number of nitrogens with one attached hydrogen (secondary N) is 1. The Morgan fingerprint density at radius 3 is 2.30 bits per heavy atom. The highest BCUT2D eigenvalue weighted by Crippen LogP contribution is 2.27. The monoisotopic (exact) mass is 261 g/mol. The third-order valence-corrected chi connectivity index (χ3v) is 3.29. The lowest BCUT2D eigenvalue weighted by atomic mass is 10.0. The van der Waals surface area contributed by atoms with Gasteiger partial charge in [0.05, 0.1) is 0 Å². The van der Waals surface area contributed by atoms with Crippen LogP contribution in [0.15, 0.2) is 60.8 Å². The maximum atomic E-state index is 5.63. The summed E-state index contributed by atoms with van der Waals surface area (Å²) in [6.07, 6.45) is 1.55. The fourth-order valence-electron chi connectivity index (χ4n) is 2.34. The van der Waals surface area contributed by atoms with E-state index in [-0.39, 0.29) is 0 Å². The fourth-order valence-corrected chi connectivity index (χ4v) is 2.34. The fraction of sp³-hybridized carbons (Fsp3) is 0. The van der Waals surface area contributed by atoms with Crippen LogP contribution >= 0.6 is 0 Å². The highest BCUT2D eigenvalue weighted by molar-refractivity contribution is 5.98. The van der Waals surface area contributed by atoms with Gasteiger partial charge in [-0.15, -0.1) is 5.10 Å². The minimum absolute atomic E-state index is 0.463. The second-order valence-electron chi connectivity index (χ2n) is 4.62. The summed E-state index contributed by atoms with van der Waals surface area (Å²) in [5, 5.41) is 14.9. The van der Waals surface area contributed by atoms with Crippen LogP contribution in [0.2, 0.25) is 0 Å². The van der Waals surface area contributed by atoms with Gasteiger partial charge in [0.1, 0.15) is 11.9 Å². The van der Waals surface area contributed by atoms with E-state index in [1.807, 2.05) is 18.2 Å². The van der Waals surface area contributed by atoms with Gasteiger partial charge in [0.2, 0.25) is 0 Å². The van der Waals surface area contributed by atoms with Gasteiger partial charge in [0, 0.05) is 0 Å². The molecule has 3 aromatic carbocycles. The smallest absolute Gasteiger partial charge is 0.258 e. The van der Waals surface area contributed by atoms with Crippen molar-refractivity contribution in [3.05, 3.63) is 60.8 Å². The Morgan fingerprint density at radius 2 is 1.55 bits per heavy atom. The first kappa shape index (κ1) is 11.0. The van der Waals surface area contributed by atoms with E-state index < -0.39 is 0 Å². The molecule has 0 fully saturated rings. The molecule has 4 rings (SSSR count). The van der Waals surface area contributed by atoms with Gasteiger partial charge in [-0.2, -0.15) is 10.3 Å². The summed E-state index contributed by atoms with van der Waals surface area (Å²) in [7, 11) is 0. The van der Waals surface area contributed by atoms with Gasteiger partial charge in [0.15, 0.2) is 0 Å². The summed E-state index contributed by atoms with van der Waals surface area (Å²) in [5.41, 5.74) is 0. The molecule has 4 aromatic rings. The largest absolute Gasteiger partial charge is 0.436 e. The van der Waals surface area contributed by atoms with Crippen LogP contribution in [-0.2, 0) is 0 Å². The Labute approximate surface area is 115 Å². The maximum Gasteiger partial charge on any atom is 0.258 e. The van der Waals surface area contributed by atoms with Crippen molar-refractivity contribution in [1.82, 2.24) is 15.4 Å². The molecule has 0 bridgehead atoms. The molecule has 0 saturated heterocycles. The molecule has 1 heterocycles. The van der Waals surface area contributed by atoms with Gasteiger partial charge in [0.25, 0.3) is 5.88 Å². The number of aromatic nitrogens is 3. The van der Waals surface area contributed by atoms with Crippen molar-refractivity contribution in [1.29, 1.82) is 0 Å². The number of hydrogen-bond donors (Lipinski definition) is 1. The van der Waals surface area contributed by atoms with E-state index >= 15 is 0 Å². The molecular formula is C16H11N3O. The molecule has 0 atom stereocenters. The Bertz CT molecular complexity index is 885. The van der Waals surface area contributed by atoms with Crippen LogP contribution in [0.5, 0.6) is 11.6 Å². The zero-order valence-corrected chi connectivity index (χ0v) is 10.6. The summed E-state index contributed by atoms with van der Waals surface area (Å²) in [6, 6.07) is 18.7. The normalized spacial score (nSPS) is 11.0. The van der Waals surface area contributed by atoms with Gasteiger partial charge in [-0.25, -0.2) is 0 Å². The van der Waals surface area contributed by atoms with E-state index in [2.05, 4.69) is 51.8 Å². The predicted octanol–water partition coefficient (Wildman–Crippen LogP) is 3.90. The highest BCUT2D eigenvalue weighted by Gasteiger charge is 2.03. The molecule has 0 spiro atoms. The number of aromatic amines is 1. The molecule has 1 N–H and O–H groups in total. The standard InChI is InChI=1S/C16H11N3O/c1-2-4-12-8-14-9-15(20-16-10-17-19-18-16)6-5-13(14)7-11(12)3-1/h1-10H,(H,17,18,19). The van der Waals surface area contributed by atoms with Crippen LogP contribution in [0, 0.1) is 0 Å². The summed E-state index contributed by atoms with van der Waals surface area (Å²) >= 11 is 0. The molecule has 4 heteroatoms. The minimum atomic E-state index is 0.463. The number of rotatable bonds is 2. The SMILES string of the molecule is c1ccc2cc3cc(Oc4cn[nH]n4)ccc3cc2c1. The van der Waals surface area contributed by atoms with Gasteiger partial charge in [-0.05, 0) is 45.8 Å². The van der Waals surface area contributed by atoms with E-state index in [4.69, 9.17) is 4.74 Å². The van der Waals surface area contributed by atoms with E-state index in [0.29, 0.717) is 5.88 Å². The molecule has 0 aliphatic carbocycles. The number of fused-ring (bicyclic) bond motifs is 2. The van der Waals surface area contributed by atoms with Crippen molar-refractivity contribution >= 4 is 21.5 Å². The average molecular weight is 261 g/mol. The summed E-state index contributed by atoms with van der Waals surface area (Å²) in [6.45, 7) is 0.